The number of nitrogens with zero attached hydrogens (tertiary/aromatic N) is 2. The second kappa shape index (κ2) is 13.1. The number of urea groups is 1. The van der Waals surface area contributed by atoms with Crippen LogP contribution in [0.2, 0.25) is 0 Å². The molecule has 0 bridgehead atoms. The first kappa shape index (κ1) is 27.9. The third kappa shape index (κ3) is 7.23. The van der Waals surface area contributed by atoms with Gasteiger partial charge in [0.15, 0.2) is 0 Å². The van der Waals surface area contributed by atoms with Crippen molar-refractivity contribution in [3.8, 4) is 0 Å². The monoisotopic (exact) mass is 529 g/mol. The van der Waals surface area contributed by atoms with Gasteiger partial charge < -0.3 is 26.2 Å². The Balaban J connectivity index is 1.49. The van der Waals surface area contributed by atoms with Gasteiger partial charge in [-0.3, -0.25) is 14.4 Å². The van der Waals surface area contributed by atoms with Crippen LogP contribution in [0.15, 0.2) is 24.3 Å². The number of primary amides is 1. The molecule has 1 aromatic rings. The van der Waals surface area contributed by atoms with Crippen molar-refractivity contribution in [2.75, 3.05) is 19.6 Å². The van der Waals surface area contributed by atoms with Crippen LogP contribution in [0.4, 0.5) is 9.18 Å². The summed E-state index contributed by atoms with van der Waals surface area (Å²) >= 11 is 0. The Hall–Kier alpha value is -3.17. The van der Waals surface area contributed by atoms with Crippen LogP contribution in [0.1, 0.15) is 81.0 Å². The van der Waals surface area contributed by atoms with Gasteiger partial charge >= 0.3 is 6.03 Å². The number of hydrogen-bond acceptors (Lipinski definition) is 4. The fraction of sp³-hybridized carbons (Fsp3) is 0.643. The molecule has 5 amide bonds. The Labute approximate surface area is 223 Å². The molecular weight excluding hydrogens is 489 g/mol. The number of nitrogens with two attached hydrogens (primary N) is 1. The van der Waals surface area contributed by atoms with Crippen molar-refractivity contribution in [3.63, 3.8) is 0 Å². The maximum absolute atomic E-state index is 13.8. The van der Waals surface area contributed by atoms with Crippen molar-refractivity contribution in [1.82, 2.24) is 20.4 Å². The lowest BCUT2D eigenvalue weighted by atomic mass is 9.84. The molecular formula is C28H40FN5O4. The Morgan fingerprint density at radius 3 is 2.32 bits per heavy atom. The van der Waals surface area contributed by atoms with Gasteiger partial charge in [0.25, 0.3) is 5.91 Å². The molecule has 2 aliphatic carbocycles. The van der Waals surface area contributed by atoms with Crippen molar-refractivity contribution in [2.45, 2.75) is 88.8 Å². The average Bonchev–Trinajstić information content (AvgIpc) is 2.93. The van der Waals surface area contributed by atoms with E-state index in [-0.39, 0.29) is 37.3 Å². The van der Waals surface area contributed by atoms with E-state index in [0.717, 1.165) is 63.9 Å². The normalized spacial score (nSPS) is 22.0. The van der Waals surface area contributed by atoms with Gasteiger partial charge in [0.2, 0.25) is 11.8 Å². The number of piperazine rings is 1. The van der Waals surface area contributed by atoms with Gasteiger partial charge in [0.1, 0.15) is 17.9 Å². The molecule has 0 spiro atoms. The molecule has 1 heterocycles. The molecule has 9 nitrogen and oxygen atoms in total. The molecule has 4 N–H and O–H groups in total. The molecule has 3 fully saturated rings. The van der Waals surface area contributed by atoms with Crippen LogP contribution < -0.4 is 16.4 Å². The molecule has 2 atom stereocenters. The lowest BCUT2D eigenvalue weighted by Crippen LogP contribution is -2.65. The summed E-state index contributed by atoms with van der Waals surface area (Å²) in [6, 6.07) is 3.26. The Morgan fingerprint density at radius 2 is 1.66 bits per heavy atom. The van der Waals surface area contributed by atoms with Crippen molar-refractivity contribution in [2.24, 2.45) is 11.7 Å². The molecule has 2 saturated carbocycles. The SMILES string of the molecule is NC(=O)[C@H](CC1CCCCC1)NC(=O)[C@H]1CN(C(=O)c2cccc(F)c2)CCN1C(=O)NC1CCCCC1. The summed E-state index contributed by atoms with van der Waals surface area (Å²) in [4.78, 5) is 55.2. The third-order valence-corrected chi connectivity index (χ3v) is 8.19. The van der Waals surface area contributed by atoms with Crippen LogP contribution in [0.5, 0.6) is 0 Å². The third-order valence-electron chi connectivity index (χ3n) is 8.19. The van der Waals surface area contributed by atoms with E-state index >= 15 is 0 Å². The van der Waals surface area contributed by atoms with Crippen LogP contribution in [0.3, 0.4) is 0 Å². The largest absolute Gasteiger partial charge is 0.368 e. The highest BCUT2D eigenvalue weighted by atomic mass is 19.1. The van der Waals surface area contributed by atoms with Gasteiger partial charge in [-0.15, -0.1) is 0 Å². The molecule has 0 radical (unpaired) electrons. The van der Waals surface area contributed by atoms with Crippen molar-refractivity contribution in [3.05, 3.63) is 35.6 Å². The highest BCUT2D eigenvalue weighted by molar-refractivity contribution is 5.96. The number of carbonyl (C=O) groups excluding carboxylic acids is 4. The molecule has 1 aromatic carbocycles. The first-order chi connectivity index (χ1) is 18.3. The van der Waals surface area contributed by atoms with Gasteiger partial charge in [-0.2, -0.15) is 0 Å². The average molecular weight is 530 g/mol. The number of halogens is 1. The molecule has 38 heavy (non-hydrogen) atoms. The van der Waals surface area contributed by atoms with Crippen LogP contribution in [-0.4, -0.2) is 71.3 Å². The first-order valence-electron chi connectivity index (χ1n) is 14.0. The highest BCUT2D eigenvalue weighted by Crippen LogP contribution is 2.27. The molecule has 0 unspecified atom stereocenters. The van der Waals surface area contributed by atoms with E-state index in [0.29, 0.717) is 12.3 Å². The number of benzene rings is 1. The van der Waals surface area contributed by atoms with E-state index in [9.17, 15) is 23.6 Å². The lowest BCUT2D eigenvalue weighted by molar-refractivity contribution is -0.131. The number of rotatable bonds is 7. The minimum atomic E-state index is -1.00. The standard InChI is InChI=1S/C28H40FN5O4/c29-21-11-7-10-20(17-21)27(37)33-14-15-34(28(38)31-22-12-5-2-6-13-22)24(18-33)26(36)32-23(25(30)35)16-19-8-3-1-4-9-19/h7,10-11,17,19,22-24H,1-6,8-9,12-16,18H2,(H2,30,35)(H,31,38)(H,32,36)/t23-,24+/m0/s1. The van der Waals surface area contributed by atoms with Gasteiger partial charge in [-0.25, -0.2) is 9.18 Å². The molecule has 3 aliphatic rings. The zero-order valence-electron chi connectivity index (χ0n) is 22.0. The van der Waals surface area contributed by atoms with Gasteiger partial charge in [-0.05, 0) is 43.4 Å². The minimum absolute atomic E-state index is 0.0524. The molecule has 4 rings (SSSR count). The second-order valence-corrected chi connectivity index (χ2v) is 11.0. The zero-order chi connectivity index (χ0) is 27.1. The topological polar surface area (TPSA) is 125 Å². The number of hydrogen-bond donors (Lipinski definition) is 3. The van der Waals surface area contributed by atoms with Crippen LogP contribution in [0.25, 0.3) is 0 Å². The Morgan fingerprint density at radius 1 is 0.974 bits per heavy atom. The summed E-state index contributed by atoms with van der Waals surface area (Å²) in [5.41, 5.74) is 5.85. The second-order valence-electron chi connectivity index (χ2n) is 11.0. The van der Waals surface area contributed by atoms with Gasteiger partial charge in [0.05, 0.1) is 6.54 Å². The fourth-order valence-electron chi connectivity index (χ4n) is 6.01. The maximum atomic E-state index is 13.8. The number of nitrogens with one attached hydrogen (secondary N) is 2. The van der Waals surface area contributed by atoms with Crippen molar-refractivity contribution >= 4 is 23.8 Å². The van der Waals surface area contributed by atoms with E-state index in [1.54, 1.807) is 0 Å². The van der Waals surface area contributed by atoms with Crippen LogP contribution in [-0.2, 0) is 9.59 Å². The fourth-order valence-corrected chi connectivity index (χ4v) is 6.01. The Bertz CT molecular complexity index is 1010. The maximum Gasteiger partial charge on any atom is 0.318 e. The molecule has 208 valence electrons. The van der Waals surface area contributed by atoms with E-state index in [2.05, 4.69) is 10.6 Å². The predicted octanol–water partition coefficient (Wildman–Crippen LogP) is 2.93. The van der Waals surface area contributed by atoms with Crippen LogP contribution in [0, 0.1) is 11.7 Å². The van der Waals surface area contributed by atoms with E-state index in [4.69, 9.17) is 5.73 Å². The summed E-state index contributed by atoms with van der Waals surface area (Å²) in [6.07, 6.45) is 10.9. The van der Waals surface area contributed by atoms with Gasteiger partial charge in [0, 0.05) is 24.7 Å². The van der Waals surface area contributed by atoms with Crippen molar-refractivity contribution in [1.29, 1.82) is 0 Å². The van der Waals surface area contributed by atoms with E-state index < -0.39 is 35.6 Å². The predicted molar refractivity (Wildman–Crippen MR) is 141 cm³/mol. The molecule has 10 heteroatoms. The number of amides is 5. The summed E-state index contributed by atoms with van der Waals surface area (Å²) < 4.78 is 13.8. The molecule has 0 aromatic heterocycles. The summed E-state index contributed by atoms with van der Waals surface area (Å²) in [6.45, 7) is 0.286. The van der Waals surface area contributed by atoms with Crippen LogP contribution >= 0.6 is 0 Å². The molecule has 1 aliphatic heterocycles. The van der Waals surface area contributed by atoms with E-state index in [1.807, 2.05) is 0 Å². The van der Waals surface area contributed by atoms with Crippen molar-refractivity contribution < 1.29 is 23.6 Å². The summed E-state index contributed by atoms with van der Waals surface area (Å²) in [5, 5.41) is 5.86. The lowest BCUT2D eigenvalue weighted by Gasteiger charge is -2.41. The summed E-state index contributed by atoms with van der Waals surface area (Å²) in [7, 11) is 0. The number of carbonyl (C=O) groups is 4. The highest BCUT2D eigenvalue weighted by Gasteiger charge is 2.39. The Kier molecular flexibility index (Phi) is 9.58. The van der Waals surface area contributed by atoms with E-state index in [1.165, 1.54) is 34.4 Å². The minimum Gasteiger partial charge on any atom is -0.368 e. The first-order valence-corrected chi connectivity index (χ1v) is 14.0. The molecule has 1 saturated heterocycles. The summed E-state index contributed by atoms with van der Waals surface area (Å²) in [5.74, 6) is -1.75. The quantitative estimate of drug-likeness (QED) is 0.502. The van der Waals surface area contributed by atoms with Gasteiger partial charge in [-0.1, -0.05) is 57.4 Å². The smallest absolute Gasteiger partial charge is 0.318 e. The zero-order valence-corrected chi connectivity index (χ0v) is 22.0.